The van der Waals surface area contributed by atoms with Crippen LogP contribution in [-0.4, -0.2) is 25.2 Å². The van der Waals surface area contributed by atoms with Crippen molar-refractivity contribution >= 4 is 11.6 Å². The van der Waals surface area contributed by atoms with E-state index >= 15 is 0 Å². The number of hydrogen-bond donors (Lipinski definition) is 1. The molecule has 0 spiro atoms. The maximum Gasteiger partial charge on any atom is 0.255 e. The minimum Gasteiger partial charge on any atom is -0.491 e. The predicted octanol–water partition coefficient (Wildman–Crippen LogP) is 3.94. The number of ether oxygens (including phenoxy) is 2. The molecule has 1 atom stereocenters. The molecule has 126 valence electrons. The zero-order valence-electron chi connectivity index (χ0n) is 13.5. The summed E-state index contributed by atoms with van der Waals surface area (Å²) in [6.07, 6.45) is 2.20. The highest BCUT2D eigenvalue weighted by Gasteiger charge is 2.16. The number of amides is 1. The van der Waals surface area contributed by atoms with Crippen molar-refractivity contribution in [3.63, 3.8) is 0 Å². The van der Waals surface area contributed by atoms with Crippen LogP contribution in [0.3, 0.4) is 0 Å². The van der Waals surface area contributed by atoms with Crippen molar-refractivity contribution in [1.82, 2.24) is 0 Å². The van der Waals surface area contributed by atoms with E-state index in [0.717, 1.165) is 19.4 Å². The molecule has 1 saturated heterocycles. The van der Waals surface area contributed by atoms with Gasteiger partial charge in [0.2, 0.25) is 0 Å². The molecule has 24 heavy (non-hydrogen) atoms. The van der Waals surface area contributed by atoms with Crippen molar-refractivity contribution in [3.05, 3.63) is 59.4 Å². The Bertz CT molecular complexity index is 726. The summed E-state index contributed by atoms with van der Waals surface area (Å²) >= 11 is 0. The fourth-order valence-electron chi connectivity index (χ4n) is 2.65. The van der Waals surface area contributed by atoms with Gasteiger partial charge in [0, 0.05) is 17.9 Å². The van der Waals surface area contributed by atoms with Gasteiger partial charge in [-0.15, -0.1) is 0 Å². The van der Waals surface area contributed by atoms with Crippen LogP contribution in [0.1, 0.15) is 28.8 Å². The Hall–Kier alpha value is -2.40. The van der Waals surface area contributed by atoms with E-state index in [4.69, 9.17) is 9.47 Å². The van der Waals surface area contributed by atoms with Gasteiger partial charge in [0.15, 0.2) is 0 Å². The number of aryl methyl sites for hydroxylation is 1. The molecule has 1 heterocycles. The first-order chi connectivity index (χ1) is 11.6. The van der Waals surface area contributed by atoms with Crippen molar-refractivity contribution in [2.75, 3.05) is 18.5 Å². The van der Waals surface area contributed by atoms with Crippen LogP contribution < -0.4 is 10.1 Å². The van der Waals surface area contributed by atoms with Gasteiger partial charge in [-0.25, -0.2) is 4.39 Å². The molecule has 1 aliphatic rings. The monoisotopic (exact) mass is 329 g/mol. The van der Waals surface area contributed by atoms with Crippen molar-refractivity contribution in [1.29, 1.82) is 0 Å². The third-order valence-electron chi connectivity index (χ3n) is 3.99. The maximum absolute atomic E-state index is 13.1. The number of nitrogens with one attached hydrogen (secondary N) is 1. The van der Waals surface area contributed by atoms with E-state index in [9.17, 15) is 9.18 Å². The first-order valence-electron chi connectivity index (χ1n) is 8.04. The van der Waals surface area contributed by atoms with Crippen molar-refractivity contribution in [2.24, 2.45) is 0 Å². The molecule has 1 fully saturated rings. The van der Waals surface area contributed by atoms with Gasteiger partial charge in [0.25, 0.3) is 5.91 Å². The van der Waals surface area contributed by atoms with Crippen LogP contribution in [0.5, 0.6) is 5.75 Å². The molecule has 2 aromatic rings. The average Bonchev–Trinajstić information content (AvgIpc) is 3.09. The van der Waals surface area contributed by atoms with Crippen LogP contribution >= 0.6 is 0 Å². The molecular formula is C19H20FNO3. The average molecular weight is 329 g/mol. The lowest BCUT2D eigenvalue weighted by Gasteiger charge is -2.13. The maximum atomic E-state index is 13.1. The Morgan fingerprint density at radius 1 is 1.33 bits per heavy atom. The smallest absolute Gasteiger partial charge is 0.255 e. The zero-order chi connectivity index (χ0) is 16.9. The number of rotatable bonds is 5. The van der Waals surface area contributed by atoms with Crippen LogP contribution in [0, 0.1) is 12.7 Å². The number of carbonyl (C=O) groups excluding carboxylic acids is 1. The van der Waals surface area contributed by atoms with Crippen LogP contribution in [0.4, 0.5) is 10.1 Å². The van der Waals surface area contributed by atoms with E-state index < -0.39 is 0 Å². The summed E-state index contributed by atoms with van der Waals surface area (Å²) in [6, 6.07) is 11.3. The third-order valence-corrected chi connectivity index (χ3v) is 3.99. The van der Waals surface area contributed by atoms with E-state index in [0.29, 0.717) is 29.2 Å². The lowest BCUT2D eigenvalue weighted by atomic mass is 10.1. The summed E-state index contributed by atoms with van der Waals surface area (Å²) in [4.78, 5) is 12.4. The van der Waals surface area contributed by atoms with Gasteiger partial charge in [-0.3, -0.25) is 4.79 Å². The van der Waals surface area contributed by atoms with Crippen molar-refractivity contribution in [2.45, 2.75) is 25.9 Å². The van der Waals surface area contributed by atoms with Crippen LogP contribution in [0.15, 0.2) is 42.5 Å². The summed E-state index contributed by atoms with van der Waals surface area (Å²) < 4.78 is 24.4. The zero-order valence-corrected chi connectivity index (χ0v) is 13.5. The SMILES string of the molecule is Cc1cc(F)ccc1NC(=O)c1cccc(OCC2CCCO2)c1. The van der Waals surface area contributed by atoms with E-state index in [1.165, 1.54) is 12.1 Å². The van der Waals surface area contributed by atoms with Gasteiger partial charge in [-0.05, 0) is 61.7 Å². The number of carbonyl (C=O) groups is 1. The van der Waals surface area contributed by atoms with Gasteiger partial charge in [-0.2, -0.15) is 0 Å². The molecule has 4 nitrogen and oxygen atoms in total. The second-order valence-electron chi connectivity index (χ2n) is 5.89. The second-order valence-corrected chi connectivity index (χ2v) is 5.89. The molecule has 3 rings (SSSR count). The first-order valence-corrected chi connectivity index (χ1v) is 8.04. The topological polar surface area (TPSA) is 47.6 Å². The minimum absolute atomic E-state index is 0.129. The van der Waals surface area contributed by atoms with Gasteiger partial charge in [0.05, 0.1) is 6.10 Å². The van der Waals surface area contributed by atoms with E-state index in [-0.39, 0.29) is 17.8 Å². The number of anilines is 1. The molecule has 0 aliphatic carbocycles. The molecule has 1 aliphatic heterocycles. The van der Waals surface area contributed by atoms with Gasteiger partial charge in [0.1, 0.15) is 18.2 Å². The Morgan fingerprint density at radius 3 is 2.96 bits per heavy atom. The molecule has 0 radical (unpaired) electrons. The molecule has 1 N–H and O–H groups in total. The van der Waals surface area contributed by atoms with Crippen molar-refractivity contribution in [3.8, 4) is 5.75 Å². The summed E-state index contributed by atoms with van der Waals surface area (Å²) in [5.41, 5.74) is 1.75. The second kappa shape index (κ2) is 7.45. The third kappa shape index (κ3) is 4.11. The number of halogens is 1. The van der Waals surface area contributed by atoms with Crippen LogP contribution in [0.25, 0.3) is 0 Å². The summed E-state index contributed by atoms with van der Waals surface area (Å²) in [6.45, 7) is 3.02. The molecule has 0 aromatic heterocycles. The predicted molar refractivity (Wildman–Crippen MR) is 90.0 cm³/mol. The van der Waals surface area contributed by atoms with Crippen molar-refractivity contribution < 1.29 is 18.7 Å². The Kier molecular flexibility index (Phi) is 5.11. The Morgan fingerprint density at radius 2 is 2.21 bits per heavy atom. The highest BCUT2D eigenvalue weighted by Crippen LogP contribution is 2.20. The van der Waals surface area contributed by atoms with E-state index in [2.05, 4.69) is 5.32 Å². The standard InChI is InChI=1S/C19H20FNO3/c1-13-10-15(20)7-8-18(13)21-19(22)14-4-2-5-16(11-14)24-12-17-6-3-9-23-17/h2,4-5,7-8,10-11,17H,3,6,9,12H2,1H3,(H,21,22). The summed E-state index contributed by atoms with van der Waals surface area (Å²) in [5.74, 6) is 0.0521. The normalized spacial score (nSPS) is 16.8. The Labute approximate surface area is 140 Å². The quantitative estimate of drug-likeness (QED) is 0.904. The molecule has 1 amide bonds. The summed E-state index contributed by atoms with van der Waals surface area (Å²) in [5, 5.41) is 2.79. The molecule has 0 bridgehead atoms. The minimum atomic E-state index is -0.324. The molecule has 0 saturated carbocycles. The largest absolute Gasteiger partial charge is 0.491 e. The first kappa shape index (κ1) is 16.5. The highest BCUT2D eigenvalue weighted by molar-refractivity contribution is 6.04. The molecule has 2 aromatic carbocycles. The fraction of sp³-hybridized carbons (Fsp3) is 0.316. The summed E-state index contributed by atoms with van der Waals surface area (Å²) in [7, 11) is 0. The lowest BCUT2D eigenvalue weighted by Crippen LogP contribution is -2.17. The number of hydrogen-bond acceptors (Lipinski definition) is 3. The van der Waals surface area contributed by atoms with Gasteiger partial charge >= 0.3 is 0 Å². The van der Waals surface area contributed by atoms with Crippen LogP contribution in [0.2, 0.25) is 0 Å². The molecule has 5 heteroatoms. The number of benzene rings is 2. The fourth-order valence-corrected chi connectivity index (χ4v) is 2.65. The van der Waals surface area contributed by atoms with Gasteiger partial charge < -0.3 is 14.8 Å². The van der Waals surface area contributed by atoms with E-state index in [1.54, 1.807) is 31.2 Å². The highest BCUT2D eigenvalue weighted by atomic mass is 19.1. The van der Waals surface area contributed by atoms with Crippen LogP contribution in [-0.2, 0) is 4.74 Å². The molecular weight excluding hydrogens is 309 g/mol. The van der Waals surface area contributed by atoms with Gasteiger partial charge in [-0.1, -0.05) is 6.07 Å². The molecule has 1 unspecified atom stereocenters. The Balaban J connectivity index is 1.65. The van der Waals surface area contributed by atoms with E-state index in [1.807, 2.05) is 6.07 Å². The lowest BCUT2D eigenvalue weighted by molar-refractivity contribution is 0.0679.